The molecule has 0 fully saturated rings. The average molecular weight is 511 g/mol. The molecule has 0 aliphatic heterocycles. The largest absolute Gasteiger partial charge is 0.435 e. The topological polar surface area (TPSA) is 36.3 Å². The van der Waals surface area contributed by atoms with Gasteiger partial charge in [0, 0.05) is 16.1 Å². The summed E-state index contributed by atoms with van der Waals surface area (Å²) in [6.07, 6.45) is 0. The molecule has 0 radical (unpaired) electrons. The van der Waals surface area contributed by atoms with Crippen LogP contribution in [0.4, 0.5) is 17.6 Å². The highest BCUT2D eigenvalue weighted by atomic mass is 35.5. The number of rotatable bonds is 8. The highest BCUT2D eigenvalue weighted by Gasteiger charge is 2.21. The fraction of sp³-hybridized carbons (Fsp3) is 0.125. The molecule has 10 heteroatoms. The van der Waals surface area contributed by atoms with Crippen LogP contribution in [0.25, 0.3) is 22.5 Å². The zero-order valence-corrected chi connectivity index (χ0v) is 18.8. The molecule has 34 heavy (non-hydrogen) atoms. The van der Waals surface area contributed by atoms with E-state index in [1.54, 1.807) is 35.0 Å². The van der Waals surface area contributed by atoms with Crippen LogP contribution in [0.5, 0.6) is 11.5 Å². The van der Waals surface area contributed by atoms with Crippen molar-refractivity contribution in [1.82, 2.24) is 9.78 Å². The molecule has 0 unspecified atom stereocenters. The fourth-order valence-electron chi connectivity index (χ4n) is 3.44. The van der Waals surface area contributed by atoms with Crippen molar-refractivity contribution in [3.8, 4) is 34.0 Å². The van der Waals surface area contributed by atoms with Crippen molar-refractivity contribution in [1.29, 1.82) is 0 Å². The number of hydrogen-bond acceptors (Lipinski definition) is 3. The van der Waals surface area contributed by atoms with Crippen molar-refractivity contribution in [3.05, 3.63) is 88.4 Å². The first-order valence-electron chi connectivity index (χ1n) is 9.92. The number of ether oxygens (including phenoxy) is 2. The molecule has 4 aromatic rings. The van der Waals surface area contributed by atoms with Gasteiger partial charge in [-0.05, 0) is 35.9 Å². The van der Waals surface area contributed by atoms with Gasteiger partial charge in [0.25, 0.3) is 0 Å². The first-order valence-corrected chi connectivity index (χ1v) is 10.7. The molecule has 0 atom stereocenters. The smallest absolute Gasteiger partial charge is 0.387 e. The van der Waals surface area contributed by atoms with Gasteiger partial charge in [-0.3, -0.25) is 4.68 Å². The zero-order chi connectivity index (χ0) is 24.2. The van der Waals surface area contributed by atoms with Gasteiger partial charge in [0.15, 0.2) is 0 Å². The number of hydrogen-bond donors (Lipinski definition) is 0. The van der Waals surface area contributed by atoms with Gasteiger partial charge in [0.2, 0.25) is 0 Å². The monoisotopic (exact) mass is 510 g/mol. The Morgan fingerprint density at radius 3 is 1.97 bits per heavy atom. The molecule has 0 aliphatic carbocycles. The van der Waals surface area contributed by atoms with Gasteiger partial charge in [0.1, 0.15) is 17.2 Å². The van der Waals surface area contributed by atoms with Crippen LogP contribution in [0.1, 0.15) is 5.56 Å². The predicted octanol–water partition coefficient (Wildman–Crippen LogP) is 7.78. The summed E-state index contributed by atoms with van der Waals surface area (Å²) >= 11 is 13.0. The third kappa shape index (κ3) is 5.46. The van der Waals surface area contributed by atoms with E-state index in [0.29, 0.717) is 27.5 Å². The van der Waals surface area contributed by atoms with Crippen molar-refractivity contribution >= 4 is 23.2 Å². The summed E-state index contributed by atoms with van der Waals surface area (Å²) in [6, 6.07) is 19.1. The summed E-state index contributed by atoms with van der Waals surface area (Å²) < 4.78 is 61.5. The molecule has 4 rings (SSSR count). The van der Waals surface area contributed by atoms with Crippen molar-refractivity contribution in [2.45, 2.75) is 19.8 Å². The summed E-state index contributed by atoms with van der Waals surface area (Å²) in [6.45, 7) is -5.77. The molecule has 0 saturated heterocycles. The van der Waals surface area contributed by atoms with Crippen molar-refractivity contribution in [2.75, 3.05) is 0 Å². The fourth-order valence-corrected chi connectivity index (χ4v) is 3.99. The molecule has 0 aliphatic rings. The third-order valence-electron chi connectivity index (χ3n) is 4.84. The van der Waals surface area contributed by atoms with Crippen LogP contribution >= 0.6 is 23.2 Å². The van der Waals surface area contributed by atoms with E-state index in [0.717, 1.165) is 5.56 Å². The molecule has 4 nitrogen and oxygen atoms in total. The molecule has 0 saturated carbocycles. The van der Waals surface area contributed by atoms with Crippen molar-refractivity contribution in [2.24, 2.45) is 0 Å². The minimum Gasteiger partial charge on any atom is -0.435 e. The van der Waals surface area contributed by atoms with Gasteiger partial charge in [-0.25, -0.2) is 0 Å². The van der Waals surface area contributed by atoms with Gasteiger partial charge in [-0.1, -0.05) is 65.7 Å². The molecule has 0 N–H and O–H groups in total. The lowest BCUT2D eigenvalue weighted by molar-refractivity contribution is -0.0505. The van der Waals surface area contributed by atoms with E-state index in [-0.39, 0.29) is 23.1 Å². The van der Waals surface area contributed by atoms with E-state index in [2.05, 4.69) is 14.6 Å². The van der Waals surface area contributed by atoms with Gasteiger partial charge < -0.3 is 9.47 Å². The Kier molecular flexibility index (Phi) is 7.29. The molecule has 3 aromatic carbocycles. The summed E-state index contributed by atoms with van der Waals surface area (Å²) in [4.78, 5) is 0. The maximum absolute atomic E-state index is 12.8. The first kappa shape index (κ1) is 23.9. The highest BCUT2D eigenvalue weighted by Crippen LogP contribution is 2.39. The van der Waals surface area contributed by atoms with Gasteiger partial charge in [0.05, 0.1) is 17.3 Å². The van der Waals surface area contributed by atoms with Crippen LogP contribution in [0.2, 0.25) is 10.0 Å². The van der Waals surface area contributed by atoms with Crippen molar-refractivity contribution in [3.63, 3.8) is 0 Å². The highest BCUT2D eigenvalue weighted by molar-refractivity contribution is 6.35. The molecular weight excluding hydrogens is 495 g/mol. The normalized spacial score (nSPS) is 11.3. The summed E-state index contributed by atoms with van der Waals surface area (Å²) in [5.41, 5.74) is 2.35. The number of benzene rings is 3. The molecular formula is C24H16Cl2F4N2O2. The van der Waals surface area contributed by atoms with E-state index in [4.69, 9.17) is 23.2 Å². The van der Waals surface area contributed by atoms with Crippen LogP contribution in [-0.2, 0) is 6.54 Å². The number of aromatic nitrogens is 2. The molecule has 0 spiro atoms. The second kappa shape index (κ2) is 10.4. The Bertz CT molecular complexity index is 1300. The second-order valence-corrected chi connectivity index (χ2v) is 7.86. The Hall–Kier alpha value is -3.23. The van der Waals surface area contributed by atoms with Crippen LogP contribution in [0, 0.1) is 0 Å². The molecule has 1 aromatic heterocycles. The lowest BCUT2D eigenvalue weighted by Gasteiger charge is -2.11. The second-order valence-electron chi connectivity index (χ2n) is 7.07. The molecule has 0 bridgehead atoms. The standard InChI is InChI=1S/C24H16Cl2F4N2O2/c25-19-10-2-1-5-16(19)13-32-22(15-7-4-9-18(12-15)34-24(29)30)20(26)21(31-32)14-6-3-8-17(11-14)33-23(27)28/h1-12,23-24H,13H2. The summed E-state index contributed by atoms with van der Waals surface area (Å²) in [5, 5.41) is 5.29. The van der Waals surface area contributed by atoms with E-state index >= 15 is 0 Å². The maximum atomic E-state index is 12.8. The average Bonchev–Trinajstić information content (AvgIpc) is 3.10. The SMILES string of the molecule is FC(F)Oc1cccc(-c2nn(Cc3ccccc3Cl)c(-c3cccc(OC(F)F)c3)c2Cl)c1. The predicted molar refractivity (Wildman–Crippen MR) is 122 cm³/mol. The first-order chi connectivity index (χ1) is 16.3. The molecule has 176 valence electrons. The number of nitrogens with zero attached hydrogens (tertiary/aromatic N) is 2. The number of alkyl halides is 4. The van der Waals surface area contributed by atoms with E-state index in [1.165, 1.54) is 30.3 Å². The minimum atomic E-state index is -2.99. The van der Waals surface area contributed by atoms with Crippen LogP contribution in [0.3, 0.4) is 0 Å². The zero-order valence-electron chi connectivity index (χ0n) is 17.3. The Morgan fingerprint density at radius 2 is 1.35 bits per heavy atom. The van der Waals surface area contributed by atoms with Gasteiger partial charge in [-0.2, -0.15) is 22.7 Å². The number of halogens is 6. The lowest BCUT2D eigenvalue weighted by Crippen LogP contribution is -2.05. The van der Waals surface area contributed by atoms with E-state index < -0.39 is 13.2 Å². The van der Waals surface area contributed by atoms with Crippen LogP contribution in [0.15, 0.2) is 72.8 Å². The third-order valence-corrected chi connectivity index (χ3v) is 5.56. The summed E-state index contributed by atoms with van der Waals surface area (Å²) in [5.74, 6) is -0.110. The Balaban J connectivity index is 1.84. The Labute approximate surface area is 202 Å². The van der Waals surface area contributed by atoms with E-state index in [1.807, 2.05) is 12.1 Å². The quantitative estimate of drug-likeness (QED) is 0.227. The summed E-state index contributed by atoms with van der Waals surface area (Å²) in [7, 11) is 0. The molecule has 1 heterocycles. The van der Waals surface area contributed by atoms with Gasteiger partial charge in [-0.15, -0.1) is 0 Å². The Morgan fingerprint density at radius 1 is 0.765 bits per heavy atom. The minimum absolute atomic E-state index is 0.0528. The lowest BCUT2D eigenvalue weighted by atomic mass is 10.1. The van der Waals surface area contributed by atoms with Crippen LogP contribution < -0.4 is 9.47 Å². The van der Waals surface area contributed by atoms with Gasteiger partial charge >= 0.3 is 13.2 Å². The van der Waals surface area contributed by atoms with Crippen LogP contribution in [-0.4, -0.2) is 23.0 Å². The van der Waals surface area contributed by atoms with Crippen molar-refractivity contribution < 1.29 is 27.0 Å². The molecule has 0 amide bonds. The van der Waals surface area contributed by atoms with E-state index in [9.17, 15) is 17.6 Å². The maximum Gasteiger partial charge on any atom is 0.387 e.